The highest BCUT2D eigenvalue weighted by Crippen LogP contribution is 2.15. The van der Waals surface area contributed by atoms with Crippen molar-refractivity contribution in [1.29, 1.82) is 0 Å². The lowest BCUT2D eigenvalue weighted by molar-refractivity contribution is -0.118. The molecule has 2 rings (SSSR count). The maximum Gasteiger partial charge on any atom is 0.257 e. The molecule has 0 unspecified atom stereocenters. The van der Waals surface area contributed by atoms with Crippen LogP contribution in [0.4, 0.5) is 14.5 Å². The molecule has 2 aromatic carbocycles. The zero-order valence-electron chi connectivity index (χ0n) is 13.6. The minimum absolute atomic E-state index is 0.275. The van der Waals surface area contributed by atoms with E-state index in [1.165, 1.54) is 6.07 Å². The van der Waals surface area contributed by atoms with Gasteiger partial charge in [0.1, 0.15) is 23.2 Å². The minimum atomic E-state index is -0.974. The van der Waals surface area contributed by atoms with Gasteiger partial charge in [-0.2, -0.15) is 0 Å². The van der Waals surface area contributed by atoms with Gasteiger partial charge in [-0.1, -0.05) is 19.9 Å². The molecule has 0 aromatic heterocycles. The van der Waals surface area contributed by atoms with Crippen LogP contribution in [-0.4, -0.2) is 17.9 Å². The van der Waals surface area contributed by atoms with Crippen molar-refractivity contribution in [2.45, 2.75) is 19.9 Å². The first kappa shape index (κ1) is 19.3. The summed E-state index contributed by atoms with van der Waals surface area (Å²) in [5, 5.41) is 5.11. The van der Waals surface area contributed by atoms with Crippen molar-refractivity contribution in [1.82, 2.24) is 5.32 Å². The quantitative estimate of drug-likeness (QED) is 0.667. The predicted octanol–water partition coefficient (Wildman–Crippen LogP) is 3.96. The largest absolute Gasteiger partial charge is 0.340 e. The van der Waals surface area contributed by atoms with Gasteiger partial charge in [-0.15, -0.1) is 0 Å². The first-order chi connectivity index (χ1) is 11.8. The van der Waals surface area contributed by atoms with Crippen LogP contribution in [0.3, 0.4) is 0 Å². The number of halogens is 3. The van der Waals surface area contributed by atoms with Gasteiger partial charge in [0.2, 0.25) is 5.91 Å². The van der Waals surface area contributed by atoms with E-state index in [0.29, 0.717) is 5.69 Å². The van der Waals surface area contributed by atoms with Crippen molar-refractivity contribution in [2.75, 3.05) is 5.32 Å². The van der Waals surface area contributed by atoms with E-state index >= 15 is 0 Å². The van der Waals surface area contributed by atoms with E-state index < -0.39 is 35.1 Å². The molecule has 2 aromatic rings. The summed E-state index contributed by atoms with van der Waals surface area (Å²) in [5.41, 5.74) is -0.127. The molecule has 2 amide bonds. The predicted molar refractivity (Wildman–Crippen MR) is 100 cm³/mol. The number of carbonyl (C=O) groups excluding carboxylic acids is 2. The molecule has 2 N–H and O–H groups in total. The van der Waals surface area contributed by atoms with Crippen molar-refractivity contribution in [3.8, 4) is 0 Å². The van der Waals surface area contributed by atoms with Crippen molar-refractivity contribution in [2.24, 2.45) is 5.92 Å². The van der Waals surface area contributed by atoms with Gasteiger partial charge in [0.05, 0.1) is 0 Å². The van der Waals surface area contributed by atoms with Gasteiger partial charge in [-0.3, -0.25) is 9.59 Å². The van der Waals surface area contributed by atoms with E-state index in [2.05, 4.69) is 33.2 Å². The van der Waals surface area contributed by atoms with Crippen LogP contribution in [-0.2, 0) is 4.79 Å². The summed E-state index contributed by atoms with van der Waals surface area (Å²) >= 11 is 2.14. The topological polar surface area (TPSA) is 58.2 Å². The SMILES string of the molecule is CC(C)[C@@H](NC(=O)c1c(F)cccc1F)C(=O)Nc1ccc(I)cc1. The van der Waals surface area contributed by atoms with Gasteiger partial charge in [-0.25, -0.2) is 8.78 Å². The van der Waals surface area contributed by atoms with Crippen LogP contribution in [0, 0.1) is 21.1 Å². The molecule has 132 valence electrons. The number of carbonyl (C=O) groups is 2. The molecule has 0 radical (unpaired) electrons. The number of anilines is 1. The van der Waals surface area contributed by atoms with E-state index in [1.807, 2.05) is 12.1 Å². The normalized spacial score (nSPS) is 11.9. The number of hydrogen-bond acceptors (Lipinski definition) is 2. The molecular weight excluding hydrogens is 441 g/mol. The molecule has 0 bridgehead atoms. The monoisotopic (exact) mass is 458 g/mol. The smallest absolute Gasteiger partial charge is 0.257 e. The molecule has 0 aliphatic heterocycles. The highest BCUT2D eigenvalue weighted by atomic mass is 127. The van der Waals surface area contributed by atoms with Crippen molar-refractivity contribution in [3.63, 3.8) is 0 Å². The average molecular weight is 458 g/mol. The third-order valence-electron chi connectivity index (χ3n) is 3.54. The zero-order valence-corrected chi connectivity index (χ0v) is 15.8. The fraction of sp³-hybridized carbons (Fsp3) is 0.222. The number of amides is 2. The Kier molecular flexibility index (Phi) is 6.46. The fourth-order valence-electron chi connectivity index (χ4n) is 2.22. The Bertz CT molecular complexity index is 759. The Balaban J connectivity index is 2.16. The lowest BCUT2D eigenvalue weighted by atomic mass is 10.0. The van der Waals surface area contributed by atoms with Crippen LogP contribution in [0.5, 0.6) is 0 Å². The minimum Gasteiger partial charge on any atom is -0.340 e. The van der Waals surface area contributed by atoms with Crippen LogP contribution >= 0.6 is 22.6 Å². The Labute approximate surface area is 158 Å². The molecular formula is C18H17F2IN2O2. The highest BCUT2D eigenvalue weighted by molar-refractivity contribution is 14.1. The van der Waals surface area contributed by atoms with Gasteiger partial charge < -0.3 is 10.6 Å². The van der Waals surface area contributed by atoms with Crippen LogP contribution in [0.2, 0.25) is 0 Å². The number of benzene rings is 2. The van der Waals surface area contributed by atoms with Gasteiger partial charge in [-0.05, 0) is 64.9 Å². The first-order valence-electron chi connectivity index (χ1n) is 7.61. The fourth-order valence-corrected chi connectivity index (χ4v) is 2.58. The maximum absolute atomic E-state index is 13.7. The summed E-state index contributed by atoms with van der Waals surface area (Å²) in [7, 11) is 0. The molecule has 0 saturated heterocycles. The number of nitrogens with one attached hydrogen (secondary N) is 2. The Hall–Kier alpha value is -2.03. The second kappa shape index (κ2) is 8.37. The first-order valence-corrected chi connectivity index (χ1v) is 8.68. The van der Waals surface area contributed by atoms with Crippen molar-refractivity contribution < 1.29 is 18.4 Å². The summed E-state index contributed by atoms with van der Waals surface area (Å²) in [6.07, 6.45) is 0. The van der Waals surface area contributed by atoms with Gasteiger partial charge in [0.15, 0.2) is 0 Å². The van der Waals surface area contributed by atoms with E-state index in [1.54, 1.807) is 26.0 Å². The second-order valence-corrected chi connectivity index (χ2v) is 7.03. The lowest BCUT2D eigenvalue weighted by Gasteiger charge is -2.22. The molecule has 25 heavy (non-hydrogen) atoms. The van der Waals surface area contributed by atoms with E-state index in [4.69, 9.17) is 0 Å². The third kappa shape index (κ3) is 4.97. The van der Waals surface area contributed by atoms with Gasteiger partial charge >= 0.3 is 0 Å². The maximum atomic E-state index is 13.7. The second-order valence-electron chi connectivity index (χ2n) is 5.79. The standard InChI is InChI=1S/C18H17F2IN2O2/c1-10(2)16(18(25)22-12-8-6-11(21)7-9-12)23-17(24)15-13(19)4-3-5-14(15)20/h3-10,16H,1-2H3,(H,22,25)(H,23,24)/t16-/m1/s1. The molecule has 4 nitrogen and oxygen atoms in total. The zero-order chi connectivity index (χ0) is 18.6. The average Bonchev–Trinajstić information content (AvgIpc) is 2.54. The van der Waals surface area contributed by atoms with Crippen LogP contribution in [0.1, 0.15) is 24.2 Å². The van der Waals surface area contributed by atoms with Crippen LogP contribution < -0.4 is 10.6 Å². The number of hydrogen-bond donors (Lipinski definition) is 2. The molecule has 0 aliphatic carbocycles. The van der Waals surface area contributed by atoms with E-state index in [-0.39, 0.29) is 5.92 Å². The molecule has 0 spiro atoms. The van der Waals surface area contributed by atoms with Crippen molar-refractivity contribution in [3.05, 3.63) is 63.2 Å². The third-order valence-corrected chi connectivity index (χ3v) is 4.26. The lowest BCUT2D eigenvalue weighted by Crippen LogP contribution is -2.47. The van der Waals surface area contributed by atoms with E-state index in [0.717, 1.165) is 15.7 Å². The van der Waals surface area contributed by atoms with Crippen LogP contribution in [0.25, 0.3) is 0 Å². The molecule has 0 heterocycles. The molecule has 0 fully saturated rings. The Morgan fingerprint density at radius 2 is 1.56 bits per heavy atom. The molecule has 0 saturated carbocycles. The number of rotatable bonds is 5. The van der Waals surface area contributed by atoms with Gasteiger partial charge in [0.25, 0.3) is 5.91 Å². The summed E-state index contributed by atoms with van der Waals surface area (Å²) in [5.74, 6) is -3.65. The Morgan fingerprint density at radius 1 is 1.00 bits per heavy atom. The summed E-state index contributed by atoms with van der Waals surface area (Å²) in [4.78, 5) is 24.7. The summed E-state index contributed by atoms with van der Waals surface area (Å²) < 4.78 is 28.5. The molecule has 1 atom stereocenters. The highest BCUT2D eigenvalue weighted by Gasteiger charge is 2.27. The Morgan fingerprint density at radius 3 is 2.08 bits per heavy atom. The van der Waals surface area contributed by atoms with Crippen molar-refractivity contribution >= 4 is 40.1 Å². The molecule has 0 aliphatic rings. The van der Waals surface area contributed by atoms with Crippen LogP contribution in [0.15, 0.2) is 42.5 Å². The summed E-state index contributed by atoms with van der Waals surface area (Å²) in [6, 6.07) is 9.34. The summed E-state index contributed by atoms with van der Waals surface area (Å²) in [6.45, 7) is 3.46. The van der Waals surface area contributed by atoms with E-state index in [9.17, 15) is 18.4 Å². The molecule has 7 heteroatoms. The van der Waals surface area contributed by atoms with Gasteiger partial charge in [0, 0.05) is 9.26 Å².